The molecule has 1 atom stereocenters. The van der Waals surface area contributed by atoms with Crippen LogP contribution < -0.4 is 5.32 Å². The minimum atomic E-state index is 0.644. The Morgan fingerprint density at radius 1 is 1.35 bits per heavy atom. The zero-order chi connectivity index (χ0) is 12.1. The third kappa shape index (κ3) is 2.98. The number of benzene rings is 1. The Balaban J connectivity index is 2.00. The van der Waals surface area contributed by atoms with Gasteiger partial charge in [-0.15, -0.1) is 6.58 Å². The molecule has 0 aromatic heterocycles. The Labute approximate surface area is 105 Å². The third-order valence-corrected chi connectivity index (χ3v) is 3.80. The largest absolute Gasteiger partial charge is 0.314 e. The summed E-state index contributed by atoms with van der Waals surface area (Å²) >= 11 is 0. The zero-order valence-electron chi connectivity index (χ0n) is 10.8. The van der Waals surface area contributed by atoms with E-state index in [2.05, 4.69) is 43.1 Å². The van der Waals surface area contributed by atoms with E-state index in [1.807, 2.05) is 6.08 Å². The Morgan fingerprint density at radius 2 is 2.00 bits per heavy atom. The molecule has 0 aliphatic heterocycles. The van der Waals surface area contributed by atoms with Crippen molar-refractivity contribution in [2.45, 2.75) is 38.6 Å². The molecule has 17 heavy (non-hydrogen) atoms. The molecule has 0 saturated carbocycles. The van der Waals surface area contributed by atoms with Gasteiger partial charge in [0.1, 0.15) is 0 Å². The second-order valence-corrected chi connectivity index (χ2v) is 4.97. The summed E-state index contributed by atoms with van der Waals surface area (Å²) < 4.78 is 0. The summed E-state index contributed by atoms with van der Waals surface area (Å²) in [5, 5.41) is 3.65. The fourth-order valence-corrected chi connectivity index (χ4v) is 2.94. The van der Waals surface area contributed by atoms with E-state index in [1.54, 1.807) is 11.1 Å². The lowest BCUT2D eigenvalue weighted by molar-refractivity contribution is 0.353. The van der Waals surface area contributed by atoms with Crippen LogP contribution in [0.25, 0.3) is 0 Å². The highest BCUT2D eigenvalue weighted by molar-refractivity contribution is 5.32. The molecule has 1 aromatic rings. The van der Waals surface area contributed by atoms with Crippen LogP contribution >= 0.6 is 0 Å². The number of rotatable bonds is 6. The van der Waals surface area contributed by atoms with Crippen LogP contribution in [0.2, 0.25) is 0 Å². The summed E-state index contributed by atoms with van der Waals surface area (Å²) in [6.45, 7) is 7.09. The minimum Gasteiger partial charge on any atom is -0.314 e. The molecule has 1 N–H and O–H groups in total. The fraction of sp³-hybridized carbons (Fsp3) is 0.500. The molecule has 0 bridgehead atoms. The fourth-order valence-electron chi connectivity index (χ4n) is 2.94. The average molecular weight is 229 g/mol. The van der Waals surface area contributed by atoms with Crippen LogP contribution in [0.1, 0.15) is 30.9 Å². The molecule has 1 aromatic carbocycles. The highest BCUT2D eigenvalue weighted by atomic mass is 14.9. The summed E-state index contributed by atoms with van der Waals surface area (Å²) in [5.41, 5.74) is 3.11. The first-order chi connectivity index (χ1) is 8.35. The average Bonchev–Trinajstić information content (AvgIpc) is 2.78. The predicted octanol–water partition coefficient (Wildman–Crippen LogP) is 3.35. The first-order valence-corrected chi connectivity index (χ1v) is 6.76. The Hall–Kier alpha value is -1.08. The van der Waals surface area contributed by atoms with Crippen LogP contribution in [0.3, 0.4) is 0 Å². The molecule has 0 saturated heterocycles. The van der Waals surface area contributed by atoms with Crippen molar-refractivity contribution >= 4 is 0 Å². The molecule has 0 heterocycles. The first-order valence-electron chi connectivity index (χ1n) is 6.76. The van der Waals surface area contributed by atoms with E-state index in [9.17, 15) is 0 Å². The van der Waals surface area contributed by atoms with Crippen molar-refractivity contribution in [3.05, 3.63) is 48.0 Å². The van der Waals surface area contributed by atoms with Crippen LogP contribution in [0, 0.1) is 5.92 Å². The van der Waals surface area contributed by atoms with Crippen molar-refractivity contribution in [2.75, 3.05) is 6.54 Å². The van der Waals surface area contributed by atoms with Crippen LogP contribution in [0.15, 0.2) is 36.9 Å². The van der Waals surface area contributed by atoms with Crippen LogP contribution in [0.5, 0.6) is 0 Å². The molecule has 0 radical (unpaired) electrons. The van der Waals surface area contributed by atoms with Gasteiger partial charge in [0, 0.05) is 6.04 Å². The summed E-state index contributed by atoms with van der Waals surface area (Å²) in [5.74, 6) is 0.771. The number of nitrogens with one attached hydrogen (secondary N) is 1. The standard InChI is InChI=1S/C16H23N/c1-3-5-10-16(17-4-2)15-11-13-8-6-7-9-14(13)12-15/h3,6-9,15-17H,1,4-5,10-12H2,2H3. The SMILES string of the molecule is C=CCCC(NCC)C1Cc2ccccc2C1. The maximum atomic E-state index is 3.83. The number of hydrogen-bond acceptors (Lipinski definition) is 1. The van der Waals surface area contributed by atoms with E-state index in [1.165, 1.54) is 19.3 Å². The third-order valence-electron chi connectivity index (χ3n) is 3.80. The topological polar surface area (TPSA) is 12.0 Å². The van der Waals surface area contributed by atoms with Gasteiger partial charge in [0.25, 0.3) is 0 Å². The van der Waals surface area contributed by atoms with E-state index in [0.29, 0.717) is 6.04 Å². The van der Waals surface area contributed by atoms with Gasteiger partial charge in [-0.3, -0.25) is 0 Å². The van der Waals surface area contributed by atoms with E-state index in [4.69, 9.17) is 0 Å². The van der Waals surface area contributed by atoms with Gasteiger partial charge in [-0.2, -0.15) is 0 Å². The van der Waals surface area contributed by atoms with E-state index >= 15 is 0 Å². The van der Waals surface area contributed by atoms with Crippen molar-refractivity contribution in [1.82, 2.24) is 5.32 Å². The lowest BCUT2D eigenvalue weighted by atomic mass is 9.93. The van der Waals surface area contributed by atoms with Gasteiger partial charge in [0.05, 0.1) is 0 Å². The smallest absolute Gasteiger partial charge is 0.0104 e. The molecule has 0 amide bonds. The van der Waals surface area contributed by atoms with Crippen molar-refractivity contribution in [1.29, 1.82) is 0 Å². The Kier molecular flexibility index (Phi) is 4.38. The van der Waals surface area contributed by atoms with Gasteiger partial charge in [0.15, 0.2) is 0 Å². The van der Waals surface area contributed by atoms with E-state index < -0.39 is 0 Å². The lowest BCUT2D eigenvalue weighted by Crippen LogP contribution is -2.36. The summed E-state index contributed by atoms with van der Waals surface area (Å²) in [6, 6.07) is 9.53. The molecular formula is C16H23N. The molecular weight excluding hydrogens is 206 g/mol. The molecule has 1 unspecified atom stereocenters. The van der Waals surface area contributed by atoms with Gasteiger partial charge in [-0.05, 0) is 49.3 Å². The lowest BCUT2D eigenvalue weighted by Gasteiger charge is -2.23. The van der Waals surface area contributed by atoms with E-state index in [0.717, 1.165) is 18.9 Å². The van der Waals surface area contributed by atoms with Crippen molar-refractivity contribution in [3.8, 4) is 0 Å². The monoisotopic (exact) mass is 229 g/mol. The predicted molar refractivity (Wildman–Crippen MR) is 74.2 cm³/mol. The van der Waals surface area contributed by atoms with Gasteiger partial charge in [-0.25, -0.2) is 0 Å². The maximum Gasteiger partial charge on any atom is 0.0104 e. The molecule has 2 rings (SSSR count). The molecule has 1 heteroatoms. The Bertz CT molecular complexity index is 345. The van der Waals surface area contributed by atoms with Crippen molar-refractivity contribution in [2.24, 2.45) is 5.92 Å². The summed E-state index contributed by atoms with van der Waals surface area (Å²) in [7, 11) is 0. The second-order valence-electron chi connectivity index (χ2n) is 4.97. The first kappa shape index (κ1) is 12.4. The van der Waals surface area contributed by atoms with Gasteiger partial charge >= 0.3 is 0 Å². The molecule has 0 fully saturated rings. The molecule has 0 spiro atoms. The van der Waals surface area contributed by atoms with Gasteiger partial charge in [0.2, 0.25) is 0 Å². The van der Waals surface area contributed by atoms with Crippen molar-refractivity contribution in [3.63, 3.8) is 0 Å². The van der Waals surface area contributed by atoms with Gasteiger partial charge < -0.3 is 5.32 Å². The maximum absolute atomic E-state index is 3.83. The van der Waals surface area contributed by atoms with Crippen LogP contribution in [0.4, 0.5) is 0 Å². The second kappa shape index (κ2) is 6.02. The highest BCUT2D eigenvalue weighted by Gasteiger charge is 2.27. The summed E-state index contributed by atoms with van der Waals surface area (Å²) in [6.07, 6.45) is 6.85. The van der Waals surface area contributed by atoms with E-state index in [-0.39, 0.29) is 0 Å². The minimum absolute atomic E-state index is 0.644. The van der Waals surface area contributed by atoms with Crippen LogP contribution in [-0.4, -0.2) is 12.6 Å². The van der Waals surface area contributed by atoms with Crippen molar-refractivity contribution < 1.29 is 0 Å². The Morgan fingerprint density at radius 3 is 2.53 bits per heavy atom. The molecule has 92 valence electrons. The number of allylic oxidation sites excluding steroid dienone is 1. The zero-order valence-corrected chi connectivity index (χ0v) is 10.8. The van der Waals surface area contributed by atoms with Crippen LogP contribution in [-0.2, 0) is 12.8 Å². The summed E-state index contributed by atoms with van der Waals surface area (Å²) in [4.78, 5) is 0. The number of fused-ring (bicyclic) bond motifs is 1. The highest BCUT2D eigenvalue weighted by Crippen LogP contribution is 2.30. The number of hydrogen-bond donors (Lipinski definition) is 1. The van der Waals surface area contributed by atoms with Gasteiger partial charge in [-0.1, -0.05) is 37.3 Å². The normalized spacial score (nSPS) is 16.8. The quantitative estimate of drug-likeness (QED) is 0.738. The molecule has 1 nitrogen and oxygen atoms in total. The molecule has 1 aliphatic rings. The molecule has 1 aliphatic carbocycles.